The zero-order chi connectivity index (χ0) is 28.6. The Hall–Kier alpha value is -4.67. The van der Waals surface area contributed by atoms with Crippen LogP contribution in [0.25, 0.3) is 10.9 Å². The molecule has 3 aromatic carbocycles. The number of halogens is 4. The molecule has 4 aromatic rings. The Balaban J connectivity index is 1.55. The Bertz CT molecular complexity index is 1630. The summed E-state index contributed by atoms with van der Waals surface area (Å²) in [5.74, 6) is -1.94. The maximum atomic E-state index is 14.8. The second-order valence-corrected chi connectivity index (χ2v) is 9.45. The number of carbonyl (C=O) groups is 2. The average Bonchev–Trinajstić information content (AvgIpc) is 3.37. The number of fused-ring (bicyclic) bond motifs is 1. The Morgan fingerprint density at radius 2 is 1.90 bits per heavy atom. The fourth-order valence-electron chi connectivity index (χ4n) is 4.89. The second kappa shape index (κ2) is 10.5. The molecule has 206 valence electrons. The van der Waals surface area contributed by atoms with Gasteiger partial charge in [-0.25, -0.2) is 4.39 Å². The Morgan fingerprint density at radius 3 is 2.60 bits per heavy atom. The van der Waals surface area contributed by atoms with E-state index in [-0.39, 0.29) is 30.1 Å². The van der Waals surface area contributed by atoms with E-state index >= 15 is 0 Å². The van der Waals surface area contributed by atoms with Crippen LogP contribution in [-0.4, -0.2) is 34.0 Å². The number of methoxy groups -OCH3 is 1. The number of H-pyrrole nitrogens is 1. The van der Waals surface area contributed by atoms with Crippen LogP contribution in [0.4, 0.5) is 23.2 Å². The van der Waals surface area contributed by atoms with Gasteiger partial charge in [0.1, 0.15) is 11.6 Å². The maximum Gasteiger partial charge on any atom is 0.416 e. The number of benzene rings is 3. The number of nitrogens with zero attached hydrogens (tertiary/aromatic N) is 2. The number of hydrogen-bond acceptors (Lipinski definition) is 4. The molecule has 0 radical (unpaired) electrons. The van der Waals surface area contributed by atoms with Gasteiger partial charge >= 0.3 is 6.18 Å². The fraction of sp³-hybridized carbons (Fsp3) is 0.207. The van der Waals surface area contributed by atoms with Crippen molar-refractivity contribution in [2.75, 3.05) is 12.4 Å². The summed E-state index contributed by atoms with van der Waals surface area (Å²) in [7, 11) is 1.52. The minimum atomic E-state index is -4.54. The van der Waals surface area contributed by atoms with E-state index in [0.717, 1.165) is 17.7 Å². The minimum absolute atomic E-state index is 0.0957. The Kier molecular flexibility index (Phi) is 7.05. The fourth-order valence-corrected chi connectivity index (χ4v) is 4.89. The van der Waals surface area contributed by atoms with E-state index in [1.165, 1.54) is 42.5 Å². The average molecular weight is 553 g/mol. The standard InChI is InChI=1S/C29H24F4N4O3/c1-16-27(28(39)35-25-11-19-14-34-36-24(19)13-23(25)30)22(18-6-8-20(9-7-18)29(31,32)33)12-26(38)37(16)15-17-4-3-5-21(10-17)40-2/h3-11,13-14,22H,12,15H2,1-2H3,(H,34,36)(H,35,39). The monoisotopic (exact) mass is 552 g/mol. The van der Waals surface area contributed by atoms with Crippen LogP contribution in [0.5, 0.6) is 5.75 Å². The van der Waals surface area contributed by atoms with E-state index in [0.29, 0.717) is 27.9 Å². The Morgan fingerprint density at radius 1 is 1.15 bits per heavy atom. The van der Waals surface area contributed by atoms with Crippen molar-refractivity contribution in [3.63, 3.8) is 0 Å². The third-order valence-corrected chi connectivity index (χ3v) is 6.96. The van der Waals surface area contributed by atoms with Crippen LogP contribution in [-0.2, 0) is 22.3 Å². The third kappa shape index (κ3) is 5.27. The molecule has 1 aliphatic rings. The normalized spacial score (nSPS) is 16.0. The minimum Gasteiger partial charge on any atom is -0.497 e. The maximum absolute atomic E-state index is 14.8. The summed E-state index contributed by atoms with van der Waals surface area (Å²) in [5, 5.41) is 9.68. The first-order valence-corrected chi connectivity index (χ1v) is 12.3. The highest BCUT2D eigenvalue weighted by Crippen LogP contribution is 2.39. The molecule has 0 saturated carbocycles. The topological polar surface area (TPSA) is 87.3 Å². The lowest BCUT2D eigenvalue weighted by molar-refractivity contribution is -0.137. The zero-order valence-electron chi connectivity index (χ0n) is 21.5. The molecule has 40 heavy (non-hydrogen) atoms. The van der Waals surface area contributed by atoms with Gasteiger partial charge in [-0.3, -0.25) is 14.7 Å². The molecule has 0 spiro atoms. The summed E-state index contributed by atoms with van der Waals surface area (Å²) >= 11 is 0. The van der Waals surface area contributed by atoms with E-state index in [4.69, 9.17) is 4.74 Å². The van der Waals surface area contributed by atoms with E-state index in [1.807, 2.05) is 0 Å². The SMILES string of the molecule is COc1cccc(CN2C(=O)CC(c3ccc(C(F)(F)F)cc3)C(C(=O)Nc3cc4cn[nH]c4cc3F)=C2C)c1. The first-order valence-electron chi connectivity index (χ1n) is 12.3. The summed E-state index contributed by atoms with van der Waals surface area (Å²) in [4.78, 5) is 28.5. The number of anilines is 1. The van der Waals surface area contributed by atoms with Gasteiger partial charge in [0.15, 0.2) is 0 Å². The molecular weight excluding hydrogens is 528 g/mol. The molecule has 5 rings (SSSR count). The number of aromatic amines is 1. The molecule has 0 aliphatic carbocycles. The molecular formula is C29H24F4N4O3. The van der Waals surface area contributed by atoms with Crippen molar-refractivity contribution >= 4 is 28.4 Å². The zero-order valence-corrected chi connectivity index (χ0v) is 21.5. The quantitative estimate of drug-likeness (QED) is 0.281. The smallest absolute Gasteiger partial charge is 0.416 e. The van der Waals surface area contributed by atoms with Crippen LogP contribution < -0.4 is 10.1 Å². The van der Waals surface area contributed by atoms with Gasteiger partial charge in [0.25, 0.3) is 5.91 Å². The molecule has 2 amide bonds. The number of amides is 2. The lowest BCUT2D eigenvalue weighted by Crippen LogP contribution is -2.39. The van der Waals surface area contributed by atoms with Crippen molar-refractivity contribution < 1.29 is 31.9 Å². The van der Waals surface area contributed by atoms with Crippen LogP contribution >= 0.6 is 0 Å². The highest BCUT2D eigenvalue weighted by Gasteiger charge is 2.37. The van der Waals surface area contributed by atoms with Crippen molar-refractivity contribution in [2.45, 2.75) is 32.0 Å². The molecule has 2 N–H and O–H groups in total. The van der Waals surface area contributed by atoms with Crippen LogP contribution in [0.15, 0.2) is 78.1 Å². The number of hydrogen-bond donors (Lipinski definition) is 2. The largest absolute Gasteiger partial charge is 0.497 e. The summed E-state index contributed by atoms with van der Waals surface area (Å²) < 4.78 is 59.7. The molecule has 2 heterocycles. The van der Waals surface area contributed by atoms with Gasteiger partial charge in [0, 0.05) is 35.1 Å². The molecule has 1 atom stereocenters. The molecule has 1 unspecified atom stereocenters. The molecule has 11 heteroatoms. The van der Waals surface area contributed by atoms with Gasteiger partial charge in [-0.2, -0.15) is 18.3 Å². The predicted molar refractivity (Wildman–Crippen MR) is 140 cm³/mol. The molecule has 7 nitrogen and oxygen atoms in total. The first-order chi connectivity index (χ1) is 19.0. The number of carbonyl (C=O) groups excluding carboxylic acids is 2. The highest BCUT2D eigenvalue weighted by atomic mass is 19.4. The van der Waals surface area contributed by atoms with Crippen LogP contribution in [0.3, 0.4) is 0 Å². The number of allylic oxidation sites excluding steroid dienone is 1. The molecule has 0 bridgehead atoms. The second-order valence-electron chi connectivity index (χ2n) is 9.45. The van der Waals surface area contributed by atoms with Gasteiger partial charge in [-0.1, -0.05) is 24.3 Å². The van der Waals surface area contributed by atoms with Crippen LogP contribution in [0, 0.1) is 5.82 Å². The van der Waals surface area contributed by atoms with Gasteiger partial charge in [0.05, 0.1) is 36.6 Å². The van der Waals surface area contributed by atoms with Crippen molar-refractivity contribution in [3.8, 4) is 5.75 Å². The molecule has 0 saturated heterocycles. The number of alkyl halides is 3. The van der Waals surface area contributed by atoms with Crippen molar-refractivity contribution in [2.24, 2.45) is 0 Å². The van der Waals surface area contributed by atoms with Gasteiger partial charge in [-0.05, 0) is 48.4 Å². The predicted octanol–water partition coefficient (Wildman–Crippen LogP) is 6.16. The van der Waals surface area contributed by atoms with Gasteiger partial charge < -0.3 is 15.0 Å². The lowest BCUT2D eigenvalue weighted by Gasteiger charge is -2.35. The van der Waals surface area contributed by atoms with Crippen LogP contribution in [0.1, 0.15) is 36.0 Å². The highest BCUT2D eigenvalue weighted by molar-refractivity contribution is 6.07. The number of nitrogens with one attached hydrogen (secondary N) is 2. The summed E-state index contributed by atoms with van der Waals surface area (Å²) in [5.41, 5.74) is 1.07. The lowest BCUT2D eigenvalue weighted by atomic mass is 9.82. The number of rotatable bonds is 6. The first kappa shape index (κ1) is 26.9. The summed E-state index contributed by atoms with van der Waals surface area (Å²) in [6.45, 7) is 1.73. The summed E-state index contributed by atoms with van der Waals surface area (Å²) in [6, 6.07) is 14.1. The molecule has 1 aliphatic heterocycles. The third-order valence-electron chi connectivity index (χ3n) is 6.96. The van der Waals surface area contributed by atoms with Crippen LogP contribution in [0.2, 0.25) is 0 Å². The van der Waals surface area contributed by atoms with Crippen molar-refractivity contribution in [1.29, 1.82) is 0 Å². The van der Waals surface area contributed by atoms with E-state index < -0.39 is 29.4 Å². The number of ether oxygens (including phenoxy) is 1. The number of aromatic nitrogens is 2. The van der Waals surface area contributed by atoms with E-state index in [2.05, 4.69) is 15.5 Å². The van der Waals surface area contributed by atoms with Crippen molar-refractivity contribution in [1.82, 2.24) is 15.1 Å². The summed E-state index contributed by atoms with van der Waals surface area (Å²) in [6.07, 6.45) is -3.22. The van der Waals surface area contributed by atoms with E-state index in [9.17, 15) is 27.2 Å². The van der Waals surface area contributed by atoms with Gasteiger partial charge in [-0.15, -0.1) is 0 Å². The van der Waals surface area contributed by atoms with Gasteiger partial charge in [0.2, 0.25) is 5.91 Å². The van der Waals surface area contributed by atoms with E-state index in [1.54, 1.807) is 31.2 Å². The molecule has 1 aromatic heterocycles. The Labute approximate surface area is 226 Å². The van der Waals surface area contributed by atoms with Crippen molar-refractivity contribution in [3.05, 3.63) is 101 Å². The molecule has 0 fully saturated rings.